The molecular formula is C33H47N3O7. The standard InChI is InChI=1S/C33H47N3O7/c1-10-18-36(29(39)22(3)34-31(41)43-33(7,8)9)27(24-16-17-26(37)21(2)19-24)28(38)35-25(30(40)42-32(4,5)6)20-23-14-12-11-13-15-23/h11-17,19,22,25,27,37H,10,18,20H2,1-9H3,(H,34,41)(H,35,38). The van der Waals surface area contributed by atoms with Crippen LogP contribution in [0.1, 0.15) is 84.5 Å². The predicted octanol–water partition coefficient (Wildman–Crippen LogP) is 4.96. The summed E-state index contributed by atoms with van der Waals surface area (Å²) in [6.07, 6.45) is -0.0917. The molecule has 0 saturated carbocycles. The second-order valence-corrected chi connectivity index (χ2v) is 12.6. The van der Waals surface area contributed by atoms with Crippen molar-refractivity contribution in [1.82, 2.24) is 15.5 Å². The molecule has 3 atom stereocenters. The highest BCUT2D eigenvalue weighted by atomic mass is 16.6. The number of aryl methyl sites for hydroxylation is 1. The number of aromatic hydroxyl groups is 1. The van der Waals surface area contributed by atoms with E-state index in [1.807, 2.05) is 37.3 Å². The lowest BCUT2D eigenvalue weighted by molar-refractivity contribution is -0.159. The van der Waals surface area contributed by atoms with Gasteiger partial charge in [-0.05, 0) is 90.6 Å². The highest BCUT2D eigenvalue weighted by Gasteiger charge is 2.37. The first kappa shape index (κ1) is 35.1. The van der Waals surface area contributed by atoms with E-state index in [9.17, 15) is 24.3 Å². The maximum atomic E-state index is 14.2. The second-order valence-electron chi connectivity index (χ2n) is 12.6. The summed E-state index contributed by atoms with van der Waals surface area (Å²) in [5.74, 6) is -1.70. The molecule has 2 aromatic carbocycles. The topological polar surface area (TPSA) is 134 Å². The number of phenolic OH excluding ortho intramolecular Hbond substituents is 1. The number of esters is 1. The lowest BCUT2D eigenvalue weighted by Gasteiger charge is -2.34. The summed E-state index contributed by atoms with van der Waals surface area (Å²) in [7, 11) is 0. The molecular weight excluding hydrogens is 550 g/mol. The van der Waals surface area contributed by atoms with E-state index < -0.39 is 53.2 Å². The number of carbonyl (C=O) groups excluding carboxylic acids is 4. The molecule has 0 aliphatic heterocycles. The minimum Gasteiger partial charge on any atom is -0.508 e. The molecule has 2 rings (SSSR count). The summed E-state index contributed by atoms with van der Waals surface area (Å²) >= 11 is 0. The van der Waals surface area contributed by atoms with Crippen LogP contribution in [0.5, 0.6) is 5.75 Å². The van der Waals surface area contributed by atoms with E-state index >= 15 is 0 Å². The Labute approximate surface area is 255 Å². The molecule has 0 saturated heterocycles. The van der Waals surface area contributed by atoms with E-state index in [0.29, 0.717) is 17.5 Å². The van der Waals surface area contributed by atoms with Crippen molar-refractivity contribution in [3.8, 4) is 5.75 Å². The van der Waals surface area contributed by atoms with Gasteiger partial charge in [0.15, 0.2) is 0 Å². The fraction of sp³-hybridized carbons (Fsp3) is 0.515. The minimum absolute atomic E-state index is 0.0342. The molecule has 0 fully saturated rings. The van der Waals surface area contributed by atoms with Gasteiger partial charge < -0.3 is 30.1 Å². The average Bonchev–Trinajstić information content (AvgIpc) is 2.88. The summed E-state index contributed by atoms with van der Waals surface area (Å²) in [6, 6.07) is 10.6. The molecule has 10 nitrogen and oxygen atoms in total. The molecule has 0 heterocycles. The molecule has 2 aromatic rings. The minimum atomic E-state index is -1.18. The molecule has 0 bridgehead atoms. The molecule has 0 aromatic heterocycles. The summed E-state index contributed by atoms with van der Waals surface area (Å²) in [5, 5.41) is 15.6. The van der Waals surface area contributed by atoms with Gasteiger partial charge >= 0.3 is 12.1 Å². The van der Waals surface area contributed by atoms with Crippen molar-refractivity contribution >= 4 is 23.9 Å². The van der Waals surface area contributed by atoms with Crippen LogP contribution in [0, 0.1) is 6.92 Å². The molecule has 0 aliphatic carbocycles. The van der Waals surface area contributed by atoms with Gasteiger partial charge in [-0.1, -0.05) is 43.3 Å². The van der Waals surface area contributed by atoms with Crippen molar-refractivity contribution in [3.05, 3.63) is 65.2 Å². The van der Waals surface area contributed by atoms with Gasteiger partial charge in [-0.2, -0.15) is 0 Å². The van der Waals surface area contributed by atoms with Crippen LogP contribution in [0.15, 0.2) is 48.5 Å². The van der Waals surface area contributed by atoms with Crippen LogP contribution in [0.3, 0.4) is 0 Å². The van der Waals surface area contributed by atoms with E-state index in [1.54, 1.807) is 60.6 Å². The number of rotatable bonds is 11. The van der Waals surface area contributed by atoms with Crippen molar-refractivity contribution in [2.45, 2.75) is 104 Å². The Balaban J connectivity index is 2.52. The predicted molar refractivity (Wildman–Crippen MR) is 164 cm³/mol. The molecule has 10 heteroatoms. The van der Waals surface area contributed by atoms with Gasteiger partial charge in [-0.25, -0.2) is 9.59 Å². The highest BCUT2D eigenvalue weighted by Crippen LogP contribution is 2.28. The number of nitrogens with one attached hydrogen (secondary N) is 2. The zero-order valence-corrected chi connectivity index (χ0v) is 26.8. The average molecular weight is 598 g/mol. The zero-order chi connectivity index (χ0) is 32.5. The third-order valence-electron chi connectivity index (χ3n) is 6.24. The van der Waals surface area contributed by atoms with E-state index in [0.717, 1.165) is 5.56 Å². The van der Waals surface area contributed by atoms with Crippen LogP contribution in [0.25, 0.3) is 0 Å². The molecule has 3 unspecified atom stereocenters. The number of amides is 3. The van der Waals surface area contributed by atoms with E-state index in [1.165, 1.54) is 17.9 Å². The van der Waals surface area contributed by atoms with E-state index in [-0.39, 0.29) is 18.7 Å². The Kier molecular flexibility index (Phi) is 12.2. The largest absolute Gasteiger partial charge is 0.508 e. The SMILES string of the molecule is CCCN(C(=O)C(C)NC(=O)OC(C)(C)C)C(C(=O)NC(Cc1ccccc1)C(=O)OC(C)(C)C)c1ccc(O)c(C)c1. The molecule has 236 valence electrons. The smallest absolute Gasteiger partial charge is 0.408 e. The fourth-order valence-corrected chi connectivity index (χ4v) is 4.39. The summed E-state index contributed by atoms with van der Waals surface area (Å²) in [4.78, 5) is 55.2. The van der Waals surface area contributed by atoms with Gasteiger partial charge in [0.05, 0.1) is 0 Å². The van der Waals surface area contributed by atoms with Crippen molar-refractivity contribution < 1.29 is 33.8 Å². The summed E-state index contributed by atoms with van der Waals surface area (Å²) in [5.41, 5.74) is 0.190. The molecule has 0 radical (unpaired) electrons. The maximum absolute atomic E-state index is 14.2. The van der Waals surface area contributed by atoms with Crippen molar-refractivity contribution in [2.75, 3.05) is 6.54 Å². The number of hydrogen-bond donors (Lipinski definition) is 3. The van der Waals surface area contributed by atoms with Crippen LogP contribution >= 0.6 is 0 Å². The van der Waals surface area contributed by atoms with Gasteiger partial charge in [-0.3, -0.25) is 9.59 Å². The monoisotopic (exact) mass is 597 g/mol. The number of alkyl carbamates (subject to hydrolysis) is 1. The van der Waals surface area contributed by atoms with Crippen molar-refractivity contribution in [1.29, 1.82) is 0 Å². The van der Waals surface area contributed by atoms with Gasteiger partial charge in [0.2, 0.25) is 11.8 Å². The van der Waals surface area contributed by atoms with Crippen LogP contribution in [0.4, 0.5) is 4.79 Å². The third-order valence-corrected chi connectivity index (χ3v) is 6.24. The number of phenols is 1. The summed E-state index contributed by atoms with van der Waals surface area (Å²) in [6.45, 7) is 15.6. The Morgan fingerprint density at radius 1 is 0.907 bits per heavy atom. The lowest BCUT2D eigenvalue weighted by atomic mass is 9.99. The van der Waals surface area contributed by atoms with Gasteiger partial charge in [0.25, 0.3) is 0 Å². The Hall–Kier alpha value is -4.08. The normalized spacial score (nSPS) is 13.7. The number of ether oxygens (including phenoxy) is 2. The maximum Gasteiger partial charge on any atom is 0.408 e. The quantitative estimate of drug-likeness (QED) is 0.312. The van der Waals surface area contributed by atoms with Crippen LogP contribution in [-0.4, -0.2) is 63.7 Å². The number of benzene rings is 2. The van der Waals surface area contributed by atoms with Crippen LogP contribution in [-0.2, 0) is 30.3 Å². The first-order valence-electron chi connectivity index (χ1n) is 14.6. The van der Waals surface area contributed by atoms with E-state index in [2.05, 4.69) is 10.6 Å². The van der Waals surface area contributed by atoms with Gasteiger partial charge in [-0.15, -0.1) is 0 Å². The van der Waals surface area contributed by atoms with E-state index in [4.69, 9.17) is 9.47 Å². The molecule has 3 N–H and O–H groups in total. The fourth-order valence-electron chi connectivity index (χ4n) is 4.39. The third kappa shape index (κ3) is 11.3. The van der Waals surface area contributed by atoms with Crippen LogP contribution < -0.4 is 10.6 Å². The first-order valence-corrected chi connectivity index (χ1v) is 14.6. The molecule has 0 spiro atoms. The number of carbonyl (C=O) groups is 4. The summed E-state index contributed by atoms with van der Waals surface area (Å²) < 4.78 is 11.0. The Morgan fingerprint density at radius 2 is 1.51 bits per heavy atom. The molecule has 43 heavy (non-hydrogen) atoms. The van der Waals surface area contributed by atoms with Crippen molar-refractivity contribution in [3.63, 3.8) is 0 Å². The first-order chi connectivity index (χ1) is 19.9. The Morgan fingerprint density at radius 3 is 2.05 bits per heavy atom. The van der Waals surface area contributed by atoms with Crippen LogP contribution in [0.2, 0.25) is 0 Å². The highest BCUT2D eigenvalue weighted by molar-refractivity contribution is 5.94. The second kappa shape index (κ2) is 14.9. The Bertz CT molecular complexity index is 1270. The number of nitrogens with zero attached hydrogens (tertiary/aromatic N) is 1. The molecule has 3 amide bonds. The number of hydrogen-bond acceptors (Lipinski definition) is 7. The van der Waals surface area contributed by atoms with Gasteiger partial charge in [0.1, 0.15) is 35.1 Å². The molecule has 0 aliphatic rings. The lowest BCUT2D eigenvalue weighted by Crippen LogP contribution is -2.54. The van der Waals surface area contributed by atoms with Crippen molar-refractivity contribution in [2.24, 2.45) is 0 Å². The zero-order valence-electron chi connectivity index (χ0n) is 26.8. The van der Waals surface area contributed by atoms with Gasteiger partial charge in [0, 0.05) is 13.0 Å².